The largest absolute Gasteiger partial charge is 0.459 e. The fraction of sp³-hybridized carbons (Fsp3) is 0.500. The number of hydrogen-bond acceptors (Lipinski definition) is 4. The van der Waals surface area contributed by atoms with Crippen LogP contribution in [0.25, 0.3) is 0 Å². The van der Waals surface area contributed by atoms with Gasteiger partial charge in [-0.25, -0.2) is 9.78 Å². The van der Waals surface area contributed by atoms with E-state index in [1.807, 2.05) is 6.92 Å². The Morgan fingerprint density at radius 1 is 1.44 bits per heavy atom. The van der Waals surface area contributed by atoms with Crippen molar-refractivity contribution in [3.63, 3.8) is 0 Å². The van der Waals surface area contributed by atoms with Crippen molar-refractivity contribution in [2.75, 3.05) is 5.73 Å². The maximum absolute atomic E-state index is 11.8. The van der Waals surface area contributed by atoms with Crippen LogP contribution in [0.3, 0.4) is 0 Å². The van der Waals surface area contributed by atoms with Crippen LogP contribution in [0, 0.1) is 5.92 Å². The standard InChI is InChI=1S/C12H16N2O2/c1-7-5-8(2)16-12(15)9-3-4-11(13)14-10(9)6-7/h3-4,7-8H,5-6H2,1-2H3,(H2,13,14). The number of anilines is 1. The second-order valence-corrected chi connectivity index (χ2v) is 4.49. The number of pyridine rings is 1. The minimum Gasteiger partial charge on any atom is -0.459 e. The summed E-state index contributed by atoms with van der Waals surface area (Å²) in [5.74, 6) is 0.602. The van der Waals surface area contributed by atoms with Crippen LogP contribution < -0.4 is 5.73 Å². The molecule has 1 aromatic heterocycles. The van der Waals surface area contributed by atoms with E-state index in [0.29, 0.717) is 17.3 Å². The number of hydrogen-bond donors (Lipinski definition) is 1. The third-order valence-electron chi connectivity index (χ3n) is 2.80. The van der Waals surface area contributed by atoms with E-state index in [1.165, 1.54) is 0 Å². The second kappa shape index (κ2) is 4.12. The van der Waals surface area contributed by atoms with Crippen molar-refractivity contribution in [1.82, 2.24) is 4.98 Å². The number of aromatic nitrogens is 1. The van der Waals surface area contributed by atoms with Gasteiger partial charge in [0, 0.05) is 0 Å². The molecule has 2 N–H and O–H groups in total. The number of esters is 1. The highest BCUT2D eigenvalue weighted by atomic mass is 16.5. The zero-order chi connectivity index (χ0) is 11.7. The third-order valence-corrected chi connectivity index (χ3v) is 2.80. The molecule has 0 amide bonds. The predicted molar refractivity (Wildman–Crippen MR) is 61.0 cm³/mol. The van der Waals surface area contributed by atoms with Crippen LogP contribution in [0.1, 0.15) is 36.3 Å². The van der Waals surface area contributed by atoms with Gasteiger partial charge in [-0.1, -0.05) is 6.92 Å². The highest BCUT2D eigenvalue weighted by molar-refractivity contribution is 5.91. The monoisotopic (exact) mass is 220 g/mol. The molecule has 4 heteroatoms. The molecule has 0 bridgehead atoms. The smallest absolute Gasteiger partial charge is 0.340 e. The summed E-state index contributed by atoms with van der Waals surface area (Å²) in [5.41, 5.74) is 6.93. The van der Waals surface area contributed by atoms with Crippen molar-refractivity contribution in [2.24, 2.45) is 5.92 Å². The number of cyclic esters (lactones) is 1. The molecular weight excluding hydrogens is 204 g/mol. The zero-order valence-electron chi connectivity index (χ0n) is 9.56. The van der Waals surface area contributed by atoms with Crippen LogP contribution in [-0.2, 0) is 11.2 Å². The lowest BCUT2D eigenvalue weighted by Crippen LogP contribution is -2.24. The van der Waals surface area contributed by atoms with Crippen LogP contribution in [0.4, 0.5) is 5.82 Å². The van der Waals surface area contributed by atoms with Crippen LogP contribution in [0.15, 0.2) is 12.1 Å². The van der Waals surface area contributed by atoms with Gasteiger partial charge in [-0.3, -0.25) is 0 Å². The second-order valence-electron chi connectivity index (χ2n) is 4.49. The molecule has 0 saturated carbocycles. The Labute approximate surface area is 94.8 Å². The summed E-state index contributed by atoms with van der Waals surface area (Å²) in [7, 11) is 0. The first-order valence-electron chi connectivity index (χ1n) is 5.52. The van der Waals surface area contributed by atoms with Crippen LogP contribution in [-0.4, -0.2) is 17.1 Å². The number of carbonyl (C=O) groups excluding carboxylic acids is 1. The van der Waals surface area contributed by atoms with Gasteiger partial charge < -0.3 is 10.5 Å². The molecule has 0 saturated heterocycles. The molecule has 0 aromatic carbocycles. The first-order chi connectivity index (χ1) is 7.56. The van der Waals surface area contributed by atoms with Gasteiger partial charge in [-0.15, -0.1) is 0 Å². The molecule has 1 aliphatic heterocycles. The molecule has 0 spiro atoms. The lowest BCUT2D eigenvalue weighted by atomic mass is 9.95. The number of nitrogens with two attached hydrogens (primary N) is 1. The number of fused-ring (bicyclic) bond motifs is 1. The molecule has 4 nitrogen and oxygen atoms in total. The highest BCUT2D eigenvalue weighted by Gasteiger charge is 2.23. The number of carbonyl (C=O) groups is 1. The minimum absolute atomic E-state index is 0.0341. The number of nitrogen functional groups attached to an aromatic ring is 1. The van der Waals surface area contributed by atoms with Crippen molar-refractivity contribution in [2.45, 2.75) is 32.8 Å². The third kappa shape index (κ3) is 2.15. The average molecular weight is 220 g/mol. The number of ether oxygens (including phenoxy) is 1. The molecule has 1 aromatic rings. The van der Waals surface area contributed by atoms with Crippen molar-refractivity contribution in [3.05, 3.63) is 23.4 Å². The average Bonchev–Trinajstić information content (AvgIpc) is 2.15. The summed E-state index contributed by atoms with van der Waals surface area (Å²) in [4.78, 5) is 16.0. The van der Waals surface area contributed by atoms with E-state index in [0.717, 1.165) is 18.5 Å². The van der Waals surface area contributed by atoms with E-state index in [-0.39, 0.29) is 12.1 Å². The molecule has 2 heterocycles. The van der Waals surface area contributed by atoms with Gasteiger partial charge in [0.15, 0.2) is 0 Å². The van der Waals surface area contributed by atoms with Gasteiger partial charge in [0.2, 0.25) is 0 Å². The Morgan fingerprint density at radius 2 is 2.19 bits per heavy atom. The Kier molecular flexibility index (Phi) is 2.81. The Hall–Kier alpha value is -1.58. The first kappa shape index (κ1) is 10.9. The maximum atomic E-state index is 11.8. The van der Waals surface area contributed by atoms with Crippen molar-refractivity contribution >= 4 is 11.8 Å². The molecule has 86 valence electrons. The van der Waals surface area contributed by atoms with Gasteiger partial charge >= 0.3 is 5.97 Å². The topological polar surface area (TPSA) is 65.2 Å². The van der Waals surface area contributed by atoms with Gasteiger partial charge in [0.05, 0.1) is 17.4 Å². The van der Waals surface area contributed by atoms with E-state index in [2.05, 4.69) is 11.9 Å². The van der Waals surface area contributed by atoms with Crippen molar-refractivity contribution in [3.8, 4) is 0 Å². The molecule has 2 unspecified atom stereocenters. The first-order valence-corrected chi connectivity index (χ1v) is 5.52. The molecular formula is C12H16N2O2. The van der Waals surface area contributed by atoms with E-state index >= 15 is 0 Å². The molecule has 0 fully saturated rings. The zero-order valence-corrected chi connectivity index (χ0v) is 9.56. The Bertz CT molecular complexity index is 417. The van der Waals surface area contributed by atoms with Crippen LogP contribution in [0.2, 0.25) is 0 Å². The lowest BCUT2D eigenvalue weighted by Gasteiger charge is -2.22. The molecule has 0 aliphatic carbocycles. The van der Waals surface area contributed by atoms with Crippen molar-refractivity contribution in [1.29, 1.82) is 0 Å². The summed E-state index contributed by atoms with van der Waals surface area (Å²) < 4.78 is 5.31. The summed E-state index contributed by atoms with van der Waals surface area (Å²) in [6.45, 7) is 4.05. The number of rotatable bonds is 0. The Morgan fingerprint density at radius 3 is 2.94 bits per heavy atom. The quantitative estimate of drug-likeness (QED) is 0.677. The molecule has 2 rings (SSSR count). The highest BCUT2D eigenvalue weighted by Crippen LogP contribution is 2.22. The van der Waals surface area contributed by atoms with Gasteiger partial charge in [-0.05, 0) is 37.8 Å². The fourth-order valence-corrected chi connectivity index (χ4v) is 2.13. The summed E-state index contributed by atoms with van der Waals surface area (Å²) in [5, 5.41) is 0. The van der Waals surface area contributed by atoms with Crippen LogP contribution in [0.5, 0.6) is 0 Å². The van der Waals surface area contributed by atoms with Gasteiger partial charge in [0.25, 0.3) is 0 Å². The normalized spacial score (nSPS) is 25.2. The SMILES string of the molecule is CC1Cc2nc(N)ccc2C(=O)OC(C)C1. The molecule has 1 aliphatic rings. The van der Waals surface area contributed by atoms with Gasteiger partial charge in [-0.2, -0.15) is 0 Å². The van der Waals surface area contributed by atoms with E-state index in [1.54, 1.807) is 12.1 Å². The number of nitrogens with zero attached hydrogens (tertiary/aromatic N) is 1. The lowest BCUT2D eigenvalue weighted by molar-refractivity contribution is 0.0276. The van der Waals surface area contributed by atoms with Gasteiger partial charge in [0.1, 0.15) is 5.82 Å². The van der Waals surface area contributed by atoms with E-state index < -0.39 is 0 Å². The maximum Gasteiger partial charge on any atom is 0.340 e. The van der Waals surface area contributed by atoms with E-state index in [9.17, 15) is 4.79 Å². The fourth-order valence-electron chi connectivity index (χ4n) is 2.13. The summed E-state index contributed by atoms with van der Waals surface area (Å²) in [6.07, 6.45) is 1.61. The molecule has 0 radical (unpaired) electrons. The summed E-state index contributed by atoms with van der Waals surface area (Å²) >= 11 is 0. The molecule has 2 atom stereocenters. The van der Waals surface area contributed by atoms with Crippen LogP contribution >= 0.6 is 0 Å². The minimum atomic E-state index is -0.290. The Balaban J connectivity index is 2.41. The predicted octanol–water partition coefficient (Wildman–Crippen LogP) is 1.79. The summed E-state index contributed by atoms with van der Waals surface area (Å²) in [6, 6.07) is 3.34. The van der Waals surface area contributed by atoms with Crippen molar-refractivity contribution < 1.29 is 9.53 Å². The molecule has 16 heavy (non-hydrogen) atoms. The van der Waals surface area contributed by atoms with E-state index in [4.69, 9.17) is 10.5 Å².